The number of aryl methyl sites for hydroxylation is 1. The van der Waals surface area contributed by atoms with Crippen LogP contribution in [0.3, 0.4) is 0 Å². The zero-order valence-corrected chi connectivity index (χ0v) is 9.12. The van der Waals surface area contributed by atoms with Crippen molar-refractivity contribution in [3.63, 3.8) is 0 Å². The molecule has 0 aliphatic rings. The number of nitrogens with zero attached hydrogens (tertiary/aromatic N) is 2. The van der Waals surface area contributed by atoms with Crippen LogP contribution >= 0.6 is 15.9 Å². The Balaban J connectivity index is 2.49. The van der Waals surface area contributed by atoms with Gasteiger partial charge in [0, 0.05) is 11.9 Å². The van der Waals surface area contributed by atoms with E-state index in [9.17, 15) is 4.39 Å². The Morgan fingerprint density at radius 1 is 1.29 bits per heavy atom. The molecule has 1 aromatic heterocycles. The number of benzene rings is 1. The molecule has 0 unspecified atom stereocenters. The average molecular weight is 255 g/mol. The summed E-state index contributed by atoms with van der Waals surface area (Å²) in [5.74, 6) is 0.633. The van der Waals surface area contributed by atoms with Crippen molar-refractivity contribution in [1.29, 1.82) is 0 Å². The SMILES string of the molecule is Cc1nc(Br)cn1-c1ccc(F)cc1. The number of aromatic nitrogens is 2. The highest BCUT2D eigenvalue weighted by Crippen LogP contribution is 2.15. The molecule has 0 atom stereocenters. The van der Waals surface area contributed by atoms with Crippen LogP contribution < -0.4 is 0 Å². The lowest BCUT2D eigenvalue weighted by molar-refractivity contribution is 0.627. The molecule has 0 radical (unpaired) electrons. The van der Waals surface area contributed by atoms with Crippen LogP contribution in [-0.4, -0.2) is 9.55 Å². The van der Waals surface area contributed by atoms with Gasteiger partial charge in [0.25, 0.3) is 0 Å². The van der Waals surface area contributed by atoms with Crippen LogP contribution in [0.4, 0.5) is 4.39 Å². The van der Waals surface area contributed by atoms with Gasteiger partial charge in [-0.1, -0.05) is 0 Å². The van der Waals surface area contributed by atoms with Crippen LogP contribution in [0.5, 0.6) is 0 Å². The molecule has 0 fully saturated rings. The number of hydrogen-bond acceptors (Lipinski definition) is 1. The molecule has 0 amide bonds. The zero-order chi connectivity index (χ0) is 10.1. The van der Waals surface area contributed by atoms with Gasteiger partial charge in [-0.3, -0.25) is 0 Å². The van der Waals surface area contributed by atoms with Crippen molar-refractivity contribution in [3.05, 3.63) is 46.7 Å². The summed E-state index contributed by atoms with van der Waals surface area (Å²) < 4.78 is 15.3. The first-order valence-corrected chi connectivity index (χ1v) is 4.93. The van der Waals surface area contributed by atoms with E-state index in [1.165, 1.54) is 12.1 Å². The van der Waals surface area contributed by atoms with Gasteiger partial charge in [-0.15, -0.1) is 0 Å². The maximum atomic E-state index is 12.7. The highest BCUT2D eigenvalue weighted by atomic mass is 79.9. The number of rotatable bonds is 1. The maximum Gasteiger partial charge on any atom is 0.124 e. The molecule has 0 aliphatic heterocycles. The average Bonchev–Trinajstić information content (AvgIpc) is 2.47. The molecule has 4 heteroatoms. The van der Waals surface area contributed by atoms with Crippen molar-refractivity contribution < 1.29 is 4.39 Å². The molecule has 14 heavy (non-hydrogen) atoms. The zero-order valence-electron chi connectivity index (χ0n) is 7.54. The Bertz CT molecular complexity index is 448. The summed E-state index contributed by atoms with van der Waals surface area (Å²) in [6.45, 7) is 1.90. The summed E-state index contributed by atoms with van der Waals surface area (Å²) in [6, 6.07) is 6.30. The van der Waals surface area contributed by atoms with Crippen LogP contribution in [0.25, 0.3) is 5.69 Å². The number of hydrogen-bond donors (Lipinski definition) is 0. The molecule has 2 aromatic rings. The smallest absolute Gasteiger partial charge is 0.124 e. The standard InChI is InChI=1S/C10H8BrFN2/c1-7-13-10(11)6-14(7)9-4-2-8(12)3-5-9/h2-6H,1H3. The highest BCUT2D eigenvalue weighted by molar-refractivity contribution is 9.10. The van der Waals surface area contributed by atoms with Gasteiger partial charge in [-0.05, 0) is 47.1 Å². The normalized spacial score (nSPS) is 10.5. The first-order chi connectivity index (χ1) is 6.66. The summed E-state index contributed by atoms with van der Waals surface area (Å²) in [6.07, 6.45) is 1.85. The van der Waals surface area contributed by atoms with Crippen LogP contribution in [0, 0.1) is 12.7 Å². The Labute approximate surface area is 89.5 Å². The van der Waals surface area contributed by atoms with Crippen molar-refractivity contribution in [3.8, 4) is 5.69 Å². The van der Waals surface area contributed by atoms with Gasteiger partial charge in [0.2, 0.25) is 0 Å². The van der Waals surface area contributed by atoms with Crippen LogP contribution in [-0.2, 0) is 0 Å². The number of halogens is 2. The first-order valence-electron chi connectivity index (χ1n) is 4.14. The number of imidazole rings is 1. The minimum atomic E-state index is -0.231. The monoisotopic (exact) mass is 254 g/mol. The highest BCUT2D eigenvalue weighted by Gasteiger charge is 2.03. The lowest BCUT2D eigenvalue weighted by Gasteiger charge is -2.03. The molecule has 2 rings (SSSR count). The van der Waals surface area contributed by atoms with Crippen molar-refractivity contribution in [2.75, 3.05) is 0 Å². The van der Waals surface area contributed by atoms with Crippen LogP contribution in [0.15, 0.2) is 35.1 Å². The summed E-state index contributed by atoms with van der Waals surface area (Å²) in [5, 5.41) is 0. The van der Waals surface area contributed by atoms with Gasteiger partial charge in [0.15, 0.2) is 0 Å². The van der Waals surface area contributed by atoms with E-state index in [-0.39, 0.29) is 5.82 Å². The molecule has 0 spiro atoms. The van der Waals surface area contributed by atoms with E-state index in [0.717, 1.165) is 16.1 Å². The molecule has 0 saturated carbocycles. The third-order valence-electron chi connectivity index (χ3n) is 1.96. The van der Waals surface area contributed by atoms with Crippen LogP contribution in [0.2, 0.25) is 0 Å². The van der Waals surface area contributed by atoms with E-state index in [4.69, 9.17) is 0 Å². The van der Waals surface area contributed by atoms with Gasteiger partial charge in [-0.2, -0.15) is 0 Å². The predicted molar refractivity (Wildman–Crippen MR) is 56.0 cm³/mol. The summed E-state index contributed by atoms with van der Waals surface area (Å²) >= 11 is 3.29. The predicted octanol–water partition coefficient (Wildman–Crippen LogP) is 3.08. The van der Waals surface area contributed by atoms with E-state index in [0.29, 0.717) is 0 Å². The Morgan fingerprint density at radius 3 is 2.43 bits per heavy atom. The first kappa shape index (κ1) is 9.40. The third-order valence-corrected chi connectivity index (χ3v) is 2.34. The molecule has 0 aliphatic carbocycles. The van der Waals surface area contributed by atoms with Gasteiger partial charge in [0.1, 0.15) is 16.2 Å². The van der Waals surface area contributed by atoms with Gasteiger partial charge >= 0.3 is 0 Å². The molecular weight excluding hydrogens is 247 g/mol. The molecule has 1 aromatic carbocycles. The van der Waals surface area contributed by atoms with Gasteiger partial charge < -0.3 is 4.57 Å². The van der Waals surface area contributed by atoms with E-state index >= 15 is 0 Å². The second-order valence-electron chi connectivity index (χ2n) is 2.96. The molecule has 2 nitrogen and oxygen atoms in total. The minimum absolute atomic E-state index is 0.231. The molecule has 1 heterocycles. The Hall–Kier alpha value is -1.16. The lowest BCUT2D eigenvalue weighted by Crippen LogP contribution is -1.94. The van der Waals surface area contributed by atoms with E-state index in [2.05, 4.69) is 20.9 Å². The van der Waals surface area contributed by atoms with Crippen molar-refractivity contribution >= 4 is 15.9 Å². The second kappa shape index (κ2) is 3.53. The molecule has 0 N–H and O–H groups in total. The van der Waals surface area contributed by atoms with Crippen molar-refractivity contribution in [2.45, 2.75) is 6.92 Å². The fourth-order valence-corrected chi connectivity index (χ4v) is 1.76. The Kier molecular flexibility index (Phi) is 2.37. The summed E-state index contributed by atoms with van der Waals surface area (Å²) in [7, 11) is 0. The van der Waals surface area contributed by atoms with Gasteiger partial charge in [-0.25, -0.2) is 9.37 Å². The fraction of sp³-hybridized carbons (Fsp3) is 0.100. The maximum absolute atomic E-state index is 12.7. The van der Waals surface area contributed by atoms with E-state index < -0.39 is 0 Å². The minimum Gasteiger partial charge on any atom is -0.303 e. The van der Waals surface area contributed by atoms with E-state index in [1.54, 1.807) is 12.1 Å². The van der Waals surface area contributed by atoms with E-state index in [1.807, 2.05) is 17.7 Å². The van der Waals surface area contributed by atoms with Crippen molar-refractivity contribution in [1.82, 2.24) is 9.55 Å². The summed E-state index contributed by atoms with van der Waals surface area (Å²) in [4.78, 5) is 4.20. The lowest BCUT2D eigenvalue weighted by atomic mass is 10.3. The third kappa shape index (κ3) is 1.70. The largest absolute Gasteiger partial charge is 0.303 e. The fourth-order valence-electron chi connectivity index (χ4n) is 1.30. The molecular formula is C10H8BrFN2. The topological polar surface area (TPSA) is 17.8 Å². The van der Waals surface area contributed by atoms with Crippen LogP contribution in [0.1, 0.15) is 5.82 Å². The molecule has 0 saturated heterocycles. The quantitative estimate of drug-likeness (QED) is 0.765. The molecule has 72 valence electrons. The Morgan fingerprint density at radius 2 is 1.93 bits per heavy atom. The van der Waals surface area contributed by atoms with Crippen molar-refractivity contribution in [2.24, 2.45) is 0 Å². The van der Waals surface area contributed by atoms with Gasteiger partial charge in [0.05, 0.1) is 0 Å². The molecule has 0 bridgehead atoms. The second-order valence-corrected chi connectivity index (χ2v) is 3.77. The summed E-state index contributed by atoms with van der Waals surface area (Å²) in [5.41, 5.74) is 0.905.